The van der Waals surface area contributed by atoms with Gasteiger partial charge in [-0.25, -0.2) is 9.37 Å². The molecule has 0 bridgehead atoms. The normalized spacial score (nSPS) is 11.5. The quantitative estimate of drug-likeness (QED) is 0.206. The molecule has 0 fully saturated rings. The van der Waals surface area contributed by atoms with E-state index >= 15 is 0 Å². The number of hydrazone groups is 1. The Bertz CT molecular complexity index is 1450. The van der Waals surface area contributed by atoms with E-state index in [0.29, 0.717) is 11.7 Å². The van der Waals surface area contributed by atoms with Crippen molar-refractivity contribution >= 4 is 45.2 Å². The van der Waals surface area contributed by atoms with Crippen LogP contribution in [0, 0.1) is 12.7 Å². The van der Waals surface area contributed by atoms with Crippen LogP contribution in [-0.2, 0) is 6.54 Å². The molecular weight excluding hydrogens is 455 g/mol. The smallest absolute Gasteiger partial charge is 0.203 e. The number of anilines is 1. The van der Waals surface area contributed by atoms with E-state index < -0.39 is 0 Å². The summed E-state index contributed by atoms with van der Waals surface area (Å²) >= 11 is 7.92. The predicted molar refractivity (Wildman–Crippen MR) is 136 cm³/mol. The van der Waals surface area contributed by atoms with Crippen LogP contribution >= 0.6 is 22.9 Å². The van der Waals surface area contributed by atoms with Gasteiger partial charge in [-0.3, -0.25) is 5.43 Å². The Hall–Kier alpha value is -3.48. The Morgan fingerprint density at radius 1 is 1.12 bits per heavy atom. The van der Waals surface area contributed by atoms with Crippen LogP contribution in [0.15, 0.2) is 83.4 Å². The van der Waals surface area contributed by atoms with Crippen molar-refractivity contribution in [3.63, 3.8) is 0 Å². The fraction of sp³-hybridized carbons (Fsp3) is 0.0769. The van der Waals surface area contributed by atoms with Crippen molar-refractivity contribution in [2.24, 2.45) is 5.10 Å². The second-order valence-corrected chi connectivity index (χ2v) is 9.00. The number of benzene rings is 3. The maximum atomic E-state index is 13.1. The lowest BCUT2D eigenvalue weighted by atomic mass is 10.1. The zero-order valence-electron chi connectivity index (χ0n) is 17.8. The summed E-state index contributed by atoms with van der Waals surface area (Å²) in [5.41, 5.74) is 8.98. The number of rotatable bonds is 6. The summed E-state index contributed by atoms with van der Waals surface area (Å²) in [4.78, 5) is 4.53. The van der Waals surface area contributed by atoms with E-state index in [2.05, 4.69) is 50.5 Å². The molecule has 0 aliphatic rings. The molecule has 1 N–H and O–H groups in total. The van der Waals surface area contributed by atoms with Crippen molar-refractivity contribution in [2.45, 2.75) is 13.5 Å². The van der Waals surface area contributed by atoms with Crippen molar-refractivity contribution in [1.29, 1.82) is 0 Å². The Morgan fingerprint density at radius 3 is 2.76 bits per heavy atom. The molecule has 0 aliphatic heterocycles. The second kappa shape index (κ2) is 9.17. The van der Waals surface area contributed by atoms with Crippen LogP contribution in [0.3, 0.4) is 0 Å². The standard InChI is InChI=1S/C26H20ClFN4S/c1-17-6-7-19(23(27)12-17)14-32-15-20(22-4-2-3-5-25(22)32)13-29-31-26-30-24(16-33-26)18-8-10-21(28)11-9-18/h2-13,15-16H,14H2,1H3,(H,30,31)/b29-13+. The third kappa shape index (κ3) is 4.67. The molecule has 0 radical (unpaired) electrons. The Balaban J connectivity index is 1.36. The fourth-order valence-electron chi connectivity index (χ4n) is 3.71. The molecule has 4 nitrogen and oxygen atoms in total. The number of fused-ring (bicyclic) bond motifs is 1. The number of aromatic nitrogens is 2. The minimum Gasteiger partial charge on any atom is -0.342 e. The van der Waals surface area contributed by atoms with E-state index in [1.165, 1.54) is 23.5 Å². The van der Waals surface area contributed by atoms with Crippen LogP contribution in [0.1, 0.15) is 16.7 Å². The maximum absolute atomic E-state index is 13.1. The molecule has 5 aromatic rings. The Kier molecular flexibility index (Phi) is 5.94. The summed E-state index contributed by atoms with van der Waals surface area (Å²) in [6, 6.07) is 20.7. The number of hydrogen-bond donors (Lipinski definition) is 1. The van der Waals surface area contributed by atoms with Crippen LogP contribution in [0.4, 0.5) is 9.52 Å². The fourth-order valence-corrected chi connectivity index (χ4v) is 4.67. The zero-order valence-corrected chi connectivity index (χ0v) is 19.4. The van der Waals surface area contributed by atoms with Gasteiger partial charge in [0.15, 0.2) is 0 Å². The first-order valence-electron chi connectivity index (χ1n) is 10.4. The molecule has 0 amide bonds. The number of hydrogen-bond acceptors (Lipinski definition) is 4. The molecule has 2 heterocycles. The van der Waals surface area contributed by atoms with E-state index in [0.717, 1.165) is 43.9 Å². The predicted octanol–water partition coefficient (Wildman–Crippen LogP) is 7.36. The molecule has 3 aromatic carbocycles. The first-order valence-corrected chi connectivity index (χ1v) is 11.7. The third-order valence-corrected chi connectivity index (χ3v) is 6.48. The summed E-state index contributed by atoms with van der Waals surface area (Å²) in [6.45, 7) is 2.71. The van der Waals surface area contributed by atoms with Crippen LogP contribution in [-0.4, -0.2) is 15.8 Å². The minimum absolute atomic E-state index is 0.263. The molecule has 5 rings (SSSR count). The molecular formula is C26H20ClFN4S. The van der Waals surface area contributed by atoms with Gasteiger partial charge in [-0.05, 0) is 54.4 Å². The van der Waals surface area contributed by atoms with E-state index in [1.807, 2.05) is 30.5 Å². The molecule has 0 atom stereocenters. The summed E-state index contributed by atoms with van der Waals surface area (Å²) in [7, 11) is 0. The van der Waals surface area contributed by atoms with Gasteiger partial charge in [-0.15, -0.1) is 11.3 Å². The van der Waals surface area contributed by atoms with Gasteiger partial charge < -0.3 is 4.57 Å². The monoisotopic (exact) mass is 474 g/mol. The number of nitrogens with one attached hydrogen (secondary N) is 1. The van der Waals surface area contributed by atoms with Gasteiger partial charge >= 0.3 is 0 Å². The van der Waals surface area contributed by atoms with Crippen LogP contribution in [0.2, 0.25) is 5.02 Å². The largest absolute Gasteiger partial charge is 0.342 e. The van der Waals surface area contributed by atoms with E-state index in [9.17, 15) is 4.39 Å². The highest BCUT2D eigenvalue weighted by Crippen LogP contribution is 2.26. The maximum Gasteiger partial charge on any atom is 0.203 e. The van der Waals surface area contributed by atoms with Gasteiger partial charge in [0, 0.05) is 45.2 Å². The van der Waals surface area contributed by atoms with Gasteiger partial charge in [-0.1, -0.05) is 41.9 Å². The Morgan fingerprint density at radius 2 is 1.94 bits per heavy atom. The highest BCUT2D eigenvalue weighted by Gasteiger charge is 2.09. The van der Waals surface area contributed by atoms with Crippen molar-refractivity contribution in [2.75, 3.05) is 5.43 Å². The average molecular weight is 475 g/mol. The van der Waals surface area contributed by atoms with Crippen molar-refractivity contribution < 1.29 is 4.39 Å². The van der Waals surface area contributed by atoms with Gasteiger partial charge in [0.1, 0.15) is 5.82 Å². The van der Waals surface area contributed by atoms with Crippen LogP contribution in [0.25, 0.3) is 22.2 Å². The molecule has 0 saturated carbocycles. The van der Waals surface area contributed by atoms with Gasteiger partial charge in [0.25, 0.3) is 0 Å². The molecule has 0 spiro atoms. The van der Waals surface area contributed by atoms with Crippen LogP contribution < -0.4 is 5.43 Å². The SMILES string of the molecule is Cc1ccc(Cn2cc(/C=N/Nc3nc(-c4ccc(F)cc4)cs3)c3ccccc32)c(Cl)c1. The lowest BCUT2D eigenvalue weighted by molar-refractivity contribution is 0.628. The number of halogens is 2. The van der Waals surface area contributed by atoms with Gasteiger partial charge in [0.2, 0.25) is 5.13 Å². The topological polar surface area (TPSA) is 42.2 Å². The number of thiazole rings is 1. The van der Waals surface area contributed by atoms with Crippen molar-refractivity contribution in [3.8, 4) is 11.3 Å². The number of para-hydroxylation sites is 1. The van der Waals surface area contributed by atoms with E-state index in [4.69, 9.17) is 11.6 Å². The summed E-state index contributed by atoms with van der Waals surface area (Å²) < 4.78 is 15.3. The second-order valence-electron chi connectivity index (χ2n) is 7.74. The van der Waals surface area contributed by atoms with E-state index in [-0.39, 0.29) is 5.82 Å². The molecule has 0 unspecified atom stereocenters. The van der Waals surface area contributed by atoms with Gasteiger partial charge in [-0.2, -0.15) is 5.10 Å². The van der Waals surface area contributed by atoms with Crippen molar-refractivity contribution in [1.82, 2.24) is 9.55 Å². The average Bonchev–Trinajstić information content (AvgIpc) is 3.42. The summed E-state index contributed by atoms with van der Waals surface area (Å²) in [6.07, 6.45) is 3.88. The first kappa shape index (κ1) is 21.4. The molecule has 2 aromatic heterocycles. The van der Waals surface area contributed by atoms with Gasteiger partial charge in [0.05, 0.1) is 11.9 Å². The molecule has 33 heavy (non-hydrogen) atoms. The number of aryl methyl sites for hydroxylation is 1. The minimum atomic E-state index is -0.263. The molecule has 164 valence electrons. The first-order chi connectivity index (χ1) is 16.1. The highest BCUT2D eigenvalue weighted by atomic mass is 35.5. The van der Waals surface area contributed by atoms with Crippen LogP contribution in [0.5, 0.6) is 0 Å². The molecule has 0 aliphatic carbocycles. The lowest BCUT2D eigenvalue weighted by Crippen LogP contribution is -1.99. The van der Waals surface area contributed by atoms with E-state index in [1.54, 1.807) is 18.3 Å². The Labute approximate surface area is 200 Å². The number of nitrogens with zero attached hydrogens (tertiary/aromatic N) is 3. The molecule has 7 heteroatoms. The third-order valence-electron chi connectivity index (χ3n) is 5.38. The zero-order chi connectivity index (χ0) is 22.8. The molecule has 0 saturated heterocycles. The van der Waals surface area contributed by atoms with Crippen molar-refractivity contribution in [3.05, 3.63) is 106 Å². The summed E-state index contributed by atoms with van der Waals surface area (Å²) in [5.74, 6) is -0.263. The lowest BCUT2D eigenvalue weighted by Gasteiger charge is -2.08. The summed E-state index contributed by atoms with van der Waals surface area (Å²) in [5, 5.41) is 8.87. The highest BCUT2D eigenvalue weighted by molar-refractivity contribution is 7.14.